The summed E-state index contributed by atoms with van der Waals surface area (Å²) in [5, 5.41) is 0.895. The monoisotopic (exact) mass is 441 g/mol. The number of amides is 1. The van der Waals surface area contributed by atoms with Crippen LogP contribution in [0.3, 0.4) is 0 Å². The molecule has 0 bridgehead atoms. The molecule has 0 aliphatic heterocycles. The number of carbonyl (C=O) groups is 1. The number of nitrogens with zero attached hydrogens (tertiary/aromatic N) is 3. The molecule has 4 rings (SSSR count). The zero-order valence-electron chi connectivity index (χ0n) is 15.3. The van der Waals surface area contributed by atoms with Crippen molar-refractivity contribution in [1.82, 2.24) is 14.9 Å². The highest BCUT2D eigenvalue weighted by atomic mass is 79.9. The second-order valence-electron chi connectivity index (χ2n) is 6.77. The van der Waals surface area contributed by atoms with Crippen molar-refractivity contribution in [2.24, 2.45) is 0 Å². The smallest absolute Gasteiger partial charge is 0.271 e. The molecule has 7 heteroatoms. The number of allylic oxidation sites excluding steroid dienone is 4. The summed E-state index contributed by atoms with van der Waals surface area (Å²) in [6.07, 6.45) is 5.22. The van der Waals surface area contributed by atoms with Gasteiger partial charge < -0.3 is 9.32 Å². The Morgan fingerprint density at radius 2 is 2.07 bits per heavy atom. The van der Waals surface area contributed by atoms with Crippen LogP contribution in [0.25, 0.3) is 22.2 Å². The molecule has 142 valence electrons. The topological polar surface area (TPSA) is 59.2 Å². The summed E-state index contributed by atoms with van der Waals surface area (Å²) in [5.41, 5.74) is 2.67. The van der Waals surface area contributed by atoms with Crippen molar-refractivity contribution in [3.63, 3.8) is 0 Å². The molecule has 0 radical (unpaired) electrons. The standard InChI is InChI=1S/C21H17BrFN3O2/c1-26(2)21(27)17-10-5-13-11-14(6-9-16(13)24-17)18-19(22)28-20(25-18)12-3-7-15(23)8-4-12/h3,5-12H,4H2,1-2H3. The molecule has 1 aliphatic carbocycles. The van der Waals surface area contributed by atoms with Gasteiger partial charge in [0.2, 0.25) is 5.89 Å². The first-order valence-electron chi connectivity index (χ1n) is 8.75. The lowest BCUT2D eigenvalue weighted by molar-refractivity contribution is 0.0822. The van der Waals surface area contributed by atoms with Crippen LogP contribution in [-0.2, 0) is 0 Å². The van der Waals surface area contributed by atoms with Crippen LogP contribution in [0.5, 0.6) is 0 Å². The highest BCUT2D eigenvalue weighted by Crippen LogP contribution is 2.35. The van der Waals surface area contributed by atoms with E-state index in [4.69, 9.17) is 4.42 Å². The van der Waals surface area contributed by atoms with Crippen molar-refractivity contribution in [2.75, 3.05) is 14.1 Å². The second-order valence-corrected chi connectivity index (χ2v) is 7.49. The van der Waals surface area contributed by atoms with E-state index in [1.807, 2.05) is 24.3 Å². The van der Waals surface area contributed by atoms with E-state index in [2.05, 4.69) is 25.9 Å². The fourth-order valence-electron chi connectivity index (χ4n) is 3.05. The quantitative estimate of drug-likeness (QED) is 0.556. The minimum absolute atomic E-state index is 0.0914. The molecular formula is C21H17BrFN3O2. The maximum Gasteiger partial charge on any atom is 0.271 e. The molecule has 0 N–H and O–H groups in total. The van der Waals surface area contributed by atoms with Crippen LogP contribution in [0.4, 0.5) is 4.39 Å². The largest absolute Gasteiger partial charge is 0.433 e. The fraction of sp³-hybridized carbons (Fsp3) is 0.190. The minimum atomic E-state index is -0.240. The molecule has 0 fully saturated rings. The van der Waals surface area contributed by atoms with Gasteiger partial charge in [0.15, 0.2) is 4.67 Å². The van der Waals surface area contributed by atoms with Crippen molar-refractivity contribution in [3.8, 4) is 11.3 Å². The van der Waals surface area contributed by atoms with Crippen molar-refractivity contribution in [1.29, 1.82) is 0 Å². The van der Waals surface area contributed by atoms with Gasteiger partial charge in [0.05, 0.1) is 11.4 Å². The van der Waals surface area contributed by atoms with Gasteiger partial charge in [-0.1, -0.05) is 18.2 Å². The van der Waals surface area contributed by atoms with Crippen molar-refractivity contribution in [2.45, 2.75) is 12.3 Å². The van der Waals surface area contributed by atoms with Gasteiger partial charge in [-0.25, -0.2) is 14.4 Å². The summed E-state index contributed by atoms with van der Waals surface area (Å²) in [5.74, 6) is 0.0652. The molecule has 3 aromatic rings. The number of halogens is 2. The molecule has 5 nitrogen and oxygen atoms in total. The molecule has 2 heterocycles. The Balaban J connectivity index is 1.67. The minimum Gasteiger partial charge on any atom is -0.433 e. The lowest BCUT2D eigenvalue weighted by atomic mass is 10.0. The number of hydrogen-bond donors (Lipinski definition) is 0. The summed E-state index contributed by atoms with van der Waals surface area (Å²) in [4.78, 5) is 22.6. The number of carbonyl (C=O) groups excluding carboxylic acids is 1. The molecular weight excluding hydrogens is 425 g/mol. The second kappa shape index (κ2) is 7.31. The van der Waals surface area contributed by atoms with Gasteiger partial charge in [-0.05, 0) is 52.7 Å². The summed E-state index contributed by atoms with van der Waals surface area (Å²) >= 11 is 3.43. The van der Waals surface area contributed by atoms with E-state index in [0.29, 0.717) is 28.4 Å². The van der Waals surface area contributed by atoms with Gasteiger partial charge in [0, 0.05) is 25.0 Å². The zero-order valence-corrected chi connectivity index (χ0v) is 16.9. The van der Waals surface area contributed by atoms with E-state index < -0.39 is 0 Å². The predicted octanol–water partition coefficient (Wildman–Crippen LogP) is 5.25. The van der Waals surface area contributed by atoms with E-state index in [9.17, 15) is 9.18 Å². The summed E-state index contributed by atoms with van der Waals surface area (Å²) in [6.45, 7) is 0. The van der Waals surface area contributed by atoms with Crippen LogP contribution in [0, 0.1) is 0 Å². The predicted molar refractivity (Wildman–Crippen MR) is 109 cm³/mol. The third-order valence-electron chi connectivity index (χ3n) is 4.56. The Morgan fingerprint density at radius 3 is 2.79 bits per heavy atom. The lowest BCUT2D eigenvalue weighted by Gasteiger charge is -2.10. The Bertz CT molecular complexity index is 1130. The van der Waals surface area contributed by atoms with E-state index in [1.165, 1.54) is 17.1 Å². The molecule has 0 spiro atoms. The molecule has 1 atom stereocenters. The van der Waals surface area contributed by atoms with Crippen LogP contribution in [0.2, 0.25) is 0 Å². The average Bonchev–Trinajstić information content (AvgIpc) is 3.08. The normalized spacial score (nSPS) is 16.3. The highest BCUT2D eigenvalue weighted by molar-refractivity contribution is 9.10. The molecule has 1 unspecified atom stereocenters. The first-order chi connectivity index (χ1) is 13.4. The highest BCUT2D eigenvalue weighted by Gasteiger charge is 2.21. The van der Waals surface area contributed by atoms with Gasteiger partial charge >= 0.3 is 0 Å². The third-order valence-corrected chi connectivity index (χ3v) is 5.10. The Hall–Kier alpha value is -2.80. The summed E-state index contributed by atoms with van der Waals surface area (Å²) in [7, 11) is 3.39. The zero-order chi connectivity index (χ0) is 19.8. The van der Waals surface area contributed by atoms with Crippen LogP contribution in [0.15, 0.2) is 63.5 Å². The Labute approximate surface area is 169 Å². The molecule has 1 aromatic carbocycles. The molecule has 0 saturated heterocycles. The number of hydrogen-bond acceptors (Lipinski definition) is 4. The fourth-order valence-corrected chi connectivity index (χ4v) is 3.54. The SMILES string of the molecule is CN(C)C(=O)c1ccc2cc(-c3nc(C4C=CC(F)=CC4)oc3Br)ccc2n1. The maximum absolute atomic E-state index is 13.2. The summed E-state index contributed by atoms with van der Waals surface area (Å²) in [6, 6.07) is 9.29. The molecule has 1 aliphatic rings. The number of oxazole rings is 1. The first-order valence-corrected chi connectivity index (χ1v) is 9.54. The molecule has 1 amide bonds. The number of rotatable bonds is 3. The van der Waals surface area contributed by atoms with Gasteiger partial charge in [-0.15, -0.1) is 0 Å². The molecule has 2 aromatic heterocycles. The van der Waals surface area contributed by atoms with E-state index in [-0.39, 0.29) is 17.7 Å². The van der Waals surface area contributed by atoms with Crippen molar-refractivity contribution >= 4 is 32.7 Å². The van der Waals surface area contributed by atoms with E-state index in [0.717, 1.165) is 16.5 Å². The summed E-state index contributed by atoms with van der Waals surface area (Å²) < 4.78 is 19.5. The number of benzene rings is 1. The van der Waals surface area contributed by atoms with Crippen LogP contribution in [-0.4, -0.2) is 34.9 Å². The van der Waals surface area contributed by atoms with Crippen LogP contribution < -0.4 is 0 Å². The average molecular weight is 442 g/mol. The third kappa shape index (κ3) is 3.49. The Morgan fingerprint density at radius 1 is 1.25 bits per heavy atom. The van der Waals surface area contributed by atoms with Crippen molar-refractivity contribution in [3.05, 3.63) is 70.6 Å². The number of fused-ring (bicyclic) bond motifs is 1. The van der Waals surface area contributed by atoms with Gasteiger partial charge in [-0.3, -0.25) is 4.79 Å². The van der Waals surface area contributed by atoms with Crippen LogP contribution in [0.1, 0.15) is 28.7 Å². The number of aromatic nitrogens is 2. The number of pyridine rings is 1. The van der Waals surface area contributed by atoms with Gasteiger partial charge in [-0.2, -0.15) is 0 Å². The Kier molecular flexibility index (Phi) is 4.85. The van der Waals surface area contributed by atoms with Gasteiger partial charge in [0.1, 0.15) is 17.2 Å². The first kappa shape index (κ1) is 18.6. The molecule has 28 heavy (non-hydrogen) atoms. The van der Waals surface area contributed by atoms with E-state index in [1.54, 1.807) is 26.2 Å². The lowest BCUT2D eigenvalue weighted by Crippen LogP contribution is -2.22. The van der Waals surface area contributed by atoms with Crippen molar-refractivity contribution < 1.29 is 13.6 Å². The van der Waals surface area contributed by atoms with Gasteiger partial charge in [0.25, 0.3) is 5.91 Å². The molecule has 0 saturated carbocycles. The maximum atomic E-state index is 13.2. The van der Waals surface area contributed by atoms with Crippen LogP contribution >= 0.6 is 15.9 Å². The van der Waals surface area contributed by atoms with E-state index >= 15 is 0 Å².